The van der Waals surface area contributed by atoms with Gasteiger partial charge in [0, 0.05) is 13.0 Å². The van der Waals surface area contributed by atoms with Gasteiger partial charge in [0.15, 0.2) is 6.04 Å². The Morgan fingerprint density at radius 1 is 1.19 bits per heavy atom. The molecule has 1 heterocycles. The Balaban J connectivity index is 2.12. The van der Waals surface area contributed by atoms with Gasteiger partial charge in [0.25, 0.3) is 0 Å². The van der Waals surface area contributed by atoms with Gasteiger partial charge in [-0.1, -0.05) is 12.1 Å². The Morgan fingerprint density at radius 3 is 2.43 bits per heavy atom. The van der Waals surface area contributed by atoms with Crippen molar-refractivity contribution in [3.63, 3.8) is 0 Å². The van der Waals surface area contributed by atoms with Crippen LogP contribution in [-0.4, -0.2) is 39.6 Å². The first-order valence-electron chi connectivity index (χ1n) is 6.61. The molecule has 1 saturated heterocycles. The fourth-order valence-corrected chi connectivity index (χ4v) is 2.18. The lowest BCUT2D eigenvalue weighted by Gasteiger charge is -2.26. The summed E-state index contributed by atoms with van der Waals surface area (Å²) in [4.78, 5) is 36.0. The predicted octanol–water partition coefficient (Wildman–Crippen LogP) is 1.24. The molecule has 7 heteroatoms. The highest BCUT2D eigenvalue weighted by atomic mass is 16.4. The minimum atomic E-state index is -1.27. The van der Waals surface area contributed by atoms with E-state index in [1.807, 2.05) is 0 Å². The molecular weight excluding hydrogens is 276 g/mol. The number of nitrogens with zero attached hydrogens (tertiary/aromatic N) is 1. The number of urea groups is 1. The Kier molecular flexibility index (Phi) is 4.42. The van der Waals surface area contributed by atoms with Crippen LogP contribution in [0.2, 0.25) is 0 Å². The van der Waals surface area contributed by atoms with Gasteiger partial charge < -0.3 is 15.5 Å². The molecule has 1 unspecified atom stereocenters. The highest BCUT2D eigenvalue weighted by Gasteiger charge is 2.29. The molecule has 3 N–H and O–H groups in total. The second kappa shape index (κ2) is 6.25. The van der Waals surface area contributed by atoms with Gasteiger partial charge in [0.2, 0.25) is 5.91 Å². The Labute approximate surface area is 121 Å². The molecule has 1 aromatic rings. The smallest absolute Gasteiger partial charge is 0.330 e. The molecule has 0 saturated carbocycles. The number of carbonyl (C=O) groups is 3. The highest BCUT2D eigenvalue weighted by molar-refractivity contribution is 5.96. The number of hydrogen-bond donors (Lipinski definition) is 3. The molecule has 112 valence electrons. The molecule has 1 aromatic carbocycles. The number of carboxylic acid groups (broad SMARTS) is 1. The third kappa shape index (κ3) is 3.50. The molecule has 0 aromatic heterocycles. The van der Waals surface area contributed by atoms with Crippen LogP contribution in [0, 0.1) is 0 Å². The lowest BCUT2D eigenvalue weighted by molar-refractivity contribution is -0.140. The summed E-state index contributed by atoms with van der Waals surface area (Å²) in [5, 5.41) is 20.8. The summed E-state index contributed by atoms with van der Waals surface area (Å²) in [7, 11) is 0. The molecule has 3 amide bonds. The van der Waals surface area contributed by atoms with Crippen molar-refractivity contribution >= 4 is 17.9 Å². The van der Waals surface area contributed by atoms with Crippen molar-refractivity contribution < 1.29 is 24.6 Å². The molecule has 0 spiro atoms. The number of carbonyl (C=O) groups excluding carboxylic acids is 2. The highest BCUT2D eigenvalue weighted by Crippen LogP contribution is 2.18. The number of nitrogens with one attached hydrogen (secondary N) is 1. The first kappa shape index (κ1) is 14.8. The van der Waals surface area contributed by atoms with Crippen LogP contribution in [0.3, 0.4) is 0 Å². The molecule has 2 rings (SSSR count). The average molecular weight is 292 g/mol. The lowest BCUT2D eigenvalue weighted by Crippen LogP contribution is -2.48. The monoisotopic (exact) mass is 292 g/mol. The normalized spacial score (nSPS) is 16.4. The predicted molar refractivity (Wildman–Crippen MR) is 72.6 cm³/mol. The number of carboxylic acids is 1. The van der Waals surface area contributed by atoms with E-state index in [2.05, 4.69) is 5.32 Å². The van der Waals surface area contributed by atoms with Crippen molar-refractivity contribution in [3.8, 4) is 5.75 Å². The largest absolute Gasteiger partial charge is 0.508 e. The Bertz CT molecular complexity index is 555. The van der Waals surface area contributed by atoms with Gasteiger partial charge in [-0.05, 0) is 30.5 Å². The maximum Gasteiger partial charge on any atom is 0.330 e. The van der Waals surface area contributed by atoms with Crippen LogP contribution >= 0.6 is 0 Å². The van der Waals surface area contributed by atoms with Gasteiger partial charge in [0.1, 0.15) is 5.75 Å². The lowest BCUT2D eigenvalue weighted by atomic mass is 10.1. The zero-order valence-corrected chi connectivity index (χ0v) is 11.3. The molecule has 21 heavy (non-hydrogen) atoms. The standard InChI is InChI=1S/C14H16N2O5/c17-10-6-4-9(5-7-10)12(13(19)20)15-14(21)16-8-2-1-3-11(16)18/h4-7,12,17H,1-3,8H2,(H,15,21)(H,19,20). The zero-order chi connectivity index (χ0) is 15.4. The topological polar surface area (TPSA) is 107 Å². The molecule has 0 radical (unpaired) electrons. The number of aliphatic carboxylic acids is 1. The van der Waals surface area contributed by atoms with Crippen LogP contribution < -0.4 is 5.32 Å². The van der Waals surface area contributed by atoms with Crippen molar-refractivity contribution in [2.24, 2.45) is 0 Å². The molecule has 1 aliphatic heterocycles. The Hall–Kier alpha value is -2.57. The van der Waals surface area contributed by atoms with E-state index in [1.54, 1.807) is 0 Å². The number of hydrogen-bond acceptors (Lipinski definition) is 4. The van der Waals surface area contributed by atoms with Crippen LogP contribution in [-0.2, 0) is 9.59 Å². The van der Waals surface area contributed by atoms with Crippen LogP contribution in [0.1, 0.15) is 30.9 Å². The van der Waals surface area contributed by atoms with Gasteiger partial charge >= 0.3 is 12.0 Å². The van der Waals surface area contributed by atoms with E-state index in [1.165, 1.54) is 24.3 Å². The summed E-state index contributed by atoms with van der Waals surface area (Å²) in [6.45, 7) is 0.298. The summed E-state index contributed by atoms with van der Waals surface area (Å²) >= 11 is 0. The van der Waals surface area contributed by atoms with Crippen LogP contribution in [0.15, 0.2) is 24.3 Å². The van der Waals surface area contributed by atoms with Crippen LogP contribution in [0.25, 0.3) is 0 Å². The van der Waals surface area contributed by atoms with Crippen molar-refractivity contribution in [1.29, 1.82) is 0 Å². The number of phenolic OH excluding ortho intramolecular Hbond substituents is 1. The fourth-order valence-electron chi connectivity index (χ4n) is 2.18. The quantitative estimate of drug-likeness (QED) is 0.777. The van der Waals surface area contributed by atoms with E-state index >= 15 is 0 Å². The summed E-state index contributed by atoms with van der Waals surface area (Å²) in [6.07, 6.45) is 1.75. The van der Waals surface area contributed by atoms with Gasteiger partial charge in [-0.15, -0.1) is 0 Å². The van der Waals surface area contributed by atoms with Crippen molar-refractivity contribution in [3.05, 3.63) is 29.8 Å². The third-order valence-corrected chi connectivity index (χ3v) is 3.31. The maximum atomic E-state index is 12.0. The summed E-state index contributed by atoms with van der Waals surface area (Å²) in [6, 6.07) is 3.51. The van der Waals surface area contributed by atoms with Crippen LogP contribution in [0.4, 0.5) is 4.79 Å². The molecule has 1 fully saturated rings. The molecule has 1 atom stereocenters. The van der Waals surface area contributed by atoms with Crippen molar-refractivity contribution in [2.75, 3.05) is 6.54 Å². The number of phenols is 1. The first-order chi connectivity index (χ1) is 9.99. The number of imide groups is 1. The van der Waals surface area contributed by atoms with E-state index in [4.69, 9.17) is 0 Å². The van der Waals surface area contributed by atoms with Gasteiger partial charge in [0.05, 0.1) is 0 Å². The van der Waals surface area contributed by atoms with E-state index in [9.17, 15) is 24.6 Å². The summed E-state index contributed by atoms with van der Waals surface area (Å²) in [5.74, 6) is -1.53. The summed E-state index contributed by atoms with van der Waals surface area (Å²) < 4.78 is 0. The van der Waals surface area contributed by atoms with Crippen molar-refractivity contribution in [2.45, 2.75) is 25.3 Å². The second-order valence-electron chi connectivity index (χ2n) is 4.81. The number of likely N-dealkylation sites (tertiary alicyclic amines) is 1. The second-order valence-corrected chi connectivity index (χ2v) is 4.81. The SMILES string of the molecule is O=C(O)C(NC(=O)N1CCCCC1=O)c1ccc(O)cc1. The molecule has 0 bridgehead atoms. The number of amides is 3. The van der Waals surface area contributed by atoms with Gasteiger partial charge in [-0.2, -0.15) is 0 Å². The van der Waals surface area contributed by atoms with E-state index in [0.29, 0.717) is 18.5 Å². The molecule has 0 aliphatic carbocycles. The molecular formula is C14H16N2O5. The fraction of sp³-hybridized carbons (Fsp3) is 0.357. The molecule has 7 nitrogen and oxygen atoms in total. The number of piperidine rings is 1. The van der Waals surface area contributed by atoms with Gasteiger partial charge in [-0.3, -0.25) is 9.69 Å². The van der Waals surface area contributed by atoms with Crippen molar-refractivity contribution in [1.82, 2.24) is 10.2 Å². The van der Waals surface area contributed by atoms with Crippen LogP contribution in [0.5, 0.6) is 5.75 Å². The van der Waals surface area contributed by atoms with E-state index < -0.39 is 18.0 Å². The zero-order valence-electron chi connectivity index (χ0n) is 11.3. The minimum Gasteiger partial charge on any atom is -0.508 e. The Morgan fingerprint density at radius 2 is 1.86 bits per heavy atom. The van der Waals surface area contributed by atoms with E-state index in [-0.39, 0.29) is 11.7 Å². The average Bonchev–Trinajstić information content (AvgIpc) is 2.46. The minimum absolute atomic E-state index is 0.000392. The van der Waals surface area contributed by atoms with E-state index in [0.717, 1.165) is 17.7 Å². The van der Waals surface area contributed by atoms with Gasteiger partial charge in [-0.25, -0.2) is 9.59 Å². The summed E-state index contributed by atoms with van der Waals surface area (Å²) in [5.41, 5.74) is 0.318. The maximum absolute atomic E-state index is 12.0. The number of benzene rings is 1. The number of aromatic hydroxyl groups is 1. The first-order valence-corrected chi connectivity index (χ1v) is 6.61. The third-order valence-electron chi connectivity index (χ3n) is 3.31. The number of rotatable bonds is 3. The molecule has 1 aliphatic rings.